The van der Waals surface area contributed by atoms with Gasteiger partial charge in [0.1, 0.15) is 11.6 Å². The Hall–Kier alpha value is -2.38. The van der Waals surface area contributed by atoms with Crippen molar-refractivity contribution < 1.29 is 13.9 Å². The number of hydrogen-bond acceptors (Lipinski definition) is 5. The molecular formula is C22H24FN3O2S. The Balaban J connectivity index is 1.67. The Morgan fingerprint density at radius 2 is 1.97 bits per heavy atom. The van der Waals surface area contributed by atoms with Crippen molar-refractivity contribution in [3.05, 3.63) is 54.3 Å². The maximum Gasteiger partial charge on any atom is 0.196 e. The minimum absolute atomic E-state index is 0.202. The molecule has 1 atom stereocenters. The average Bonchev–Trinajstić information content (AvgIpc) is 3.18. The zero-order chi connectivity index (χ0) is 20.1. The van der Waals surface area contributed by atoms with E-state index in [-0.39, 0.29) is 11.9 Å². The van der Waals surface area contributed by atoms with E-state index >= 15 is 0 Å². The maximum atomic E-state index is 14.7. The number of hydrogen-bond donors (Lipinski definition) is 0. The lowest BCUT2D eigenvalue weighted by Gasteiger charge is -2.22. The molecule has 0 amide bonds. The summed E-state index contributed by atoms with van der Waals surface area (Å²) in [6, 6.07) is 14.3. The van der Waals surface area contributed by atoms with E-state index in [9.17, 15) is 4.39 Å². The maximum absolute atomic E-state index is 14.7. The second-order valence-electron chi connectivity index (χ2n) is 6.85. The first-order valence-electron chi connectivity index (χ1n) is 9.94. The van der Waals surface area contributed by atoms with Crippen molar-refractivity contribution in [2.45, 2.75) is 37.4 Å². The van der Waals surface area contributed by atoms with Gasteiger partial charge in [-0.25, -0.2) is 4.39 Å². The van der Waals surface area contributed by atoms with Gasteiger partial charge in [0, 0.05) is 17.9 Å². The van der Waals surface area contributed by atoms with E-state index in [1.807, 2.05) is 37.3 Å². The van der Waals surface area contributed by atoms with E-state index in [1.54, 1.807) is 28.5 Å². The van der Waals surface area contributed by atoms with Gasteiger partial charge in [-0.05, 0) is 62.6 Å². The van der Waals surface area contributed by atoms with Crippen LogP contribution in [0.25, 0.3) is 17.1 Å². The number of benzene rings is 2. The fourth-order valence-corrected chi connectivity index (χ4v) is 4.38. The molecule has 0 unspecified atom stereocenters. The topological polar surface area (TPSA) is 49.2 Å². The Bertz CT molecular complexity index is 939. The first kappa shape index (κ1) is 19.9. The summed E-state index contributed by atoms with van der Waals surface area (Å²) in [5.74, 6) is 1.85. The highest BCUT2D eigenvalue weighted by Crippen LogP contribution is 2.31. The largest absolute Gasteiger partial charge is 0.494 e. The number of para-hydroxylation sites is 1. The summed E-state index contributed by atoms with van der Waals surface area (Å²) in [4.78, 5) is 0. The van der Waals surface area contributed by atoms with Crippen LogP contribution >= 0.6 is 11.8 Å². The van der Waals surface area contributed by atoms with Crippen LogP contribution in [0, 0.1) is 5.82 Å². The molecule has 1 saturated heterocycles. The monoisotopic (exact) mass is 413 g/mol. The van der Waals surface area contributed by atoms with E-state index in [0.717, 1.165) is 36.5 Å². The predicted octanol–water partition coefficient (Wildman–Crippen LogP) is 5.13. The lowest BCUT2D eigenvalue weighted by molar-refractivity contribution is 0.0315. The zero-order valence-electron chi connectivity index (χ0n) is 16.4. The van der Waals surface area contributed by atoms with Crippen LogP contribution in [-0.4, -0.2) is 39.8 Å². The normalized spacial score (nSPS) is 16.7. The van der Waals surface area contributed by atoms with Gasteiger partial charge in [0.05, 0.1) is 18.4 Å². The van der Waals surface area contributed by atoms with Crippen molar-refractivity contribution in [1.29, 1.82) is 0 Å². The lowest BCUT2D eigenvalue weighted by Crippen LogP contribution is -2.21. The second-order valence-corrected chi connectivity index (χ2v) is 7.84. The van der Waals surface area contributed by atoms with Crippen LogP contribution in [-0.2, 0) is 4.74 Å². The summed E-state index contributed by atoms with van der Waals surface area (Å²) in [6.45, 7) is 3.36. The molecule has 29 heavy (non-hydrogen) atoms. The first-order chi connectivity index (χ1) is 14.3. The molecule has 0 radical (unpaired) electrons. The molecule has 0 spiro atoms. The van der Waals surface area contributed by atoms with Gasteiger partial charge in [-0.1, -0.05) is 23.9 Å². The molecule has 3 aromatic rings. The van der Waals surface area contributed by atoms with Crippen LogP contribution in [0.3, 0.4) is 0 Å². The highest BCUT2D eigenvalue weighted by molar-refractivity contribution is 7.99. The number of rotatable bonds is 7. The number of aromatic nitrogens is 3. The van der Waals surface area contributed by atoms with Crippen LogP contribution in [0.1, 0.15) is 26.2 Å². The highest BCUT2D eigenvalue weighted by Gasteiger charge is 2.21. The second kappa shape index (κ2) is 9.41. The van der Waals surface area contributed by atoms with Gasteiger partial charge in [0.25, 0.3) is 0 Å². The van der Waals surface area contributed by atoms with Gasteiger partial charge in [0.15, 0.2) is 11.0 Å². The molecule has 1 aromatic heterocycles. The number of ether oxygens (including phenoxy) is 2. The van der Waals surface area contributed by atoms with Crippen LogP contribution in [0.5, 0.6) is 5.75 Å². The van der Waals surface area contributed by atoms with E-state index in [4.69, 9.17) is 9.47 Å². The molecular weight excluding hydrogens is 389 g/mol. The molecule has 7 heteroatoms. The van der Waals surface area contributed by atoms with Crippen molar-refractivity contribution >= 4 is 11.8 Å². The smallest absolute Gasteiger partial charge is 0.196 e. The van der Waals surface area contributed by atoms with Gasteiger partial charge in [-0.3, -0.25) is 4.57 Å². The molecule has 152 valence electrons. The van der Waals surface area contributed by atoms with Gasteiger partial charge >= 0.3 is 0 Å². The average molecular weight is 414 g/mol. The molecule has 1 aliphatic rings. The molecule has 0 bridgehead atoms. The van der Waals surface area contributed by atoms with Crippen molar-refractivity contribution in [1.82, 2.24) is 14.8 Å². The molecule has 1 fully saturated rings. The number of thioether (sulfide) groups is 1. The molecule has 5 nitrogen and oxygen atoms in total. The summed E-state index contributed by atoms with van der Waals surface area (Å²) in [5, 5.41) is 9.42. The predicted molar refractivity (Wildman–Crippen MR) is 112 cm³/mol. The third-order valence-corrected chi connectivity index (χ3v) is 5.88. The minimum atomic E-state index is -0.310. The Morgan fingerprint density at radius 3 is 2.69 bits per heavy atom. The van der Waals surface area contributed by atoms with Gasteiger partial charge in [-0.15, -0.1) is 10.2 Å². The molecule has 0 N–H and O–H groups in total. The Morgan fingerprint density at radius 1 is 1.14 bits per heavy atom. The summed E-state index contributed by atoms with van der Waals surface area (Å²) in [7, 11) is 0. The molecule has 0 saturated carbocycles. The summed E-state index contributed by atoms with van der Waals surface area (Å²) < 4.78 is 27.8. The van der Waals surface area contributed by atoms with Gasteiger partial charge in [0.2, 0.25) is 0 Å². The van der Waals surface area contributed by atoms with Crippen LogP contribution in [0.4, 0.5) is 4.39 Å². The summed E-state index contributed by atoms with van der Waals surface area (Å²) in [5.41, 5.74) is 1.29. The van der Waals surface area contributed by atoms with Crippen LogP contribution in [0.2, 0.25) is 0 Å². The molecule has 2 aromatic carbocycles. The molecule has 1 aliphatic heterocycles. The van der Waals surface area contributed by atoms with Crippen molar-refractivity contribution in [2.24, 2.45) is 0 Å². The molecule has 2 heterocycles. The van der Waals surface area contributed by atoms with E-state index in [2.05, 4.69) is 10.2 Å². The molecule has 4 rings (SSSR count). The quantitative estimate of drug-likeness (QED) is 0.503. The SMILES string of the molecule is CCOc1ccc(-c2nnc(SC[C@H]3CCCCO3)n2-c2ccccc2F)cc1. The van der Waals surface area contributed by atoms with Gasteiger partial charge in [-0.2, -0.15) is 0 Å². The highest BCUT2D eigenvalue weighted by atomic mass is 32.2. The van der Waals surface area contributed by atoms with Gasteiger partial charge < -0.3 is 9.47 Å². The minimum Gasteiger partial charge on any atom is -0.494 e. The third-order valence-electron chi connectivity index (χ3n) is 4.82. The number of halogens is 1. The molecule has 0 aliphatic carbocycles. The Labute approximate surface area is 174 Å². The van der Waals surface area contributed by atoms with E-state index < -0.39 is 0 Å². The van der Waals surface area contributed by atoms with Crippen LogP contribution < -0.4 is 4.74 Å². The summed E-state index contributed by atoms with van der Waals surface area (Å²) >= 11 is 1.56. The van der Waals surface area contributed by atoms with E-state index in [0.29, 0.717) is 23.3 Å². The van der Waals surface area contributed by atoms with E-state index in [1.165, 1.54) is 12.5 Å². The van der Waals surface area contributed by atoms with Crippen molar-refractivity contribution in [2.75, 3.05) is 19.0 Å². The first-order valence-corrected chi connectivity index (χ1v) is 10.9. The van der Waals surface area contributed by atoms with Crippen LogP contribution in [0.15, 0.2) is 53.7 Å². The fourth-order valence-electron chi connectivity index (χ4n) is 3.37. The fraction of sp³-hybridized carbons (Fsp3) is 0.364. The summed E-state index contributed by atoms with van der Waals surface area (Å²) in [6.07, 6.45) is 3.55. The third kappa shape index (κ3) is 4.62. The standard InChI is InChI=1S/C22H24FN3O2S/c1-2-27-17-12-10-16(11-13-17)21-24-25-22(29-15-18-7-5-6-14-28-18)26(21)20-9-4-3-8-19(20)23/h3-4,8-13,18H,2,5-7,14-15H2,1H3/t18-/m1/s1. The zero-order valence-corrected chi connectivity index (χ0v) is 17.2. The lowest BCUT2D eigenvalue weighted by atomic mass is 10.1. The van der Waals surface area contributed by atoms with Crippen molar-refractivity contribution in [3.8, 4) is 22.8 Å². The number of nitrogens with zero attached hydrogens (tertiary/aromatic N) is 3. The Kier molecular flexibility index (Phi) is 6.46. The van der Waals surface area contributed by atoms with Crippen molar-refractivity contribution in [3.63, 3.8) is 0 Å².